The molecular weight excluding hydrogens is 248 g/mol. The first-order valence-electron chi connectivity index (χ1n) is 5.16. The molecule has 0 saturated heterocycles. The fourth-order valence-corrected chi connectivity index (χ4v) is 3.02. The Kier molecular flexibility index (Phi) is 9.39. The zero-order valence-electron chi connectivity index (χ0n) is 8.93. The number of hydrogen-bond donors (Lipinski definition) is 4. The Hall–Kier alpha value is 1.40. The van der Waals surface area contributed by atoms with Gasteiger partial charge in [0.15, 0.2) is 0 Å². The van der Waals surface area contributed by atoms with Crippen molar-refractivity contribution < 1.29 is 0 Å². The van der Waals surface area contributed by atoms with Crippen LogP contribution in [0.25, 0.3) is 0 Å². The Balaban J connectivity index is 0.000000241. The van der Waals surface area contributed by atoms with E-state index in [0.717, 1.165) is 36.2 Å². The molecule has 0 aromatic heterocycles. The quantitative estimate of drug-likeness (QED) is 0.552. The van der Waals surface area contributed by atoms with Crippen molar-refractivity contribution in [3.63, 3.8) is 0 Å². The molecule has 0 heterocycles. The van der Waals surface area contributed by atoms with E-state index in [1.54, 1.807) is 0 Å². The normalized spacial score (nSPS) is 31.7. The van der Waals surface area contributed by atoms with Gasteiger partial charge in [-0.3, -0.25) is 0 Å². The summed E-state index contributed by atoms with van der Waals surface area (Å²) in [5, 5.41) is 1.22. The zero-order valence-corrected chi connectivity index (χ0v) is 12.5. The minimum absolute atomic E-state index is 0.567. The molecule has 1 fully saturated rings. The van der Waals surface area contributed by atoms with Crippen molar-refractivity contribution >= 4 is 50.5 Å². The second-order valence-corrected chi connectivity index (χ2v) is 5.91. The minimum atomic E-state index is 0.567. The lowest BCUT2D eigenvalue weighted by atomic mass is 10.3. The molecular formula is C10H22S4. The van der Waals surface area contributed by atoms with E-state index in [1.165, 1.54) is 0 Å². The van der Waals surface area contributed by atoms with E-state index in [9.17, 15) is 0 Å². The molecule has 14 heavy (non-hydrogen) atoms. The second kappa shape index (κ2) is 8.54. The highest BCUT2D eigenvalue weighted by Gasteiger charge is 2.42. The summed E-state index contributed by atoms with van der Waals surface area (Å²) in [6.45, 7) is 4.36. The van der Waals surface area contributed by atoms with E-state index in [1.807, 2.05) is 0 Å². The molecule has 0 bridgehead atoms. The fraction of sp³-hybridized carbons (Fsp3) is 1.00. The largest absolute Gasteiger partial charge is 0.179 e. The molecule has 4 unspecified atom stereocenters. The molecule has 86 valence electrons. The third-order valence-electron chi connectivity index (χ3n) is 2.66. The Morgan fingerprint density at radius 1 is 1.29 bits per heavy atom. The van der Waals surface area contributed by atoms with E-state index >= 15 is 0 Å². The van der Waals surface area contributed by atoms with E-state index in [2.05, 4.69) is 64.4 Å². The van der Waals surface area contributed by atoms with E-state index in [0.29, 0.717) is 10.5 Å². The number of rotatable bonds is 4. The molecule has 0 aromatic carbocycles. The summed E-state index contributed by atoms with van der Waals surface area (Å²) in [5.74, 6) is 3.59. The van der Waals surface area contributed by atoms with E-state index in [-0.39, 0.29) is 0 Å². The highest BCUT2D eigenvalue weighted by Crippen LogP contribution is 2.43. The third-order valence-corrected chi connectivity index (χ3v) is 4.81. The van der Waals surface area contributed by atoms with E-state index in [4.69, 9.17) is 0 Å². The van der Waals surface area contributed by atoms with Gasteiger partial charge in [0.05, 0.1) is 0 Å². The lowest BCUT2D eigenvalue weighted by Gasteiger charge is -2.01. The van der Waals surface area contributed by atoms with Gasteiger partial charge in [-0.25, -0.2) is 0 Å². The minimum Gasteiger partial charge on any atom is -0.179 e. The van der Waals surface area contributed by atoms with Crippen molar-refractivity contribution in [2.75, 3.05) is 11.5 Å². The average Bonchev–Trinajstić information content (AvgIpc) is 2.75. The summed E-state index contributed by atoms with van der Waals surface area (Å²) >= 11 is 16.8. The van der Waals surface area contributed by atoms with Gasteiger partial charge < -0.3 is 0 Å². The van der Waals surface area contributed by atoms with Crippen molar-refractivity contribution in [1.82, 2.24) is 0 Å². The van der Waals surface area contributed by atoms with E-state index < -0.39 is 0 Å². The van der Waals surface area contributed by atoms with Crippen LogP contribution in [0.2, 0.25) is 0 Å². The van der Waals surface area contributed by atoms with Crippen LogP contribution in [0.5, 0.6) is 0 Å². The molecule has 4 atom stereocenters. The SMILES string of the molecule is CC1C(S)C1CS.CCC(S)CCS. The number of thiol groups is 4. The Bertz CT molecular complexity index is 132. The first-order chi connectivity index (χ1) is 6.58. The Morgan fingerprint density at radius 3 is 1.86 bits per heavy atom. The van der Waals surface area contributed by atoms with Gasteiger partial charge in [-0.15, -0.1) is 0 Å². The maximum absolute atomic E-state index is 4.30. The molecule has 0 spiro atoms. The van der Waals surface area contributed by atoms with Crippen LogP contribution in [-0.4, -0.2) is 22.0 Å². The molecule has 1 aliphatic rings. The summed E-state index contributed by atoms with van der Waals surface area (Å²) in [4.78, 5) is 0. The Labute approximate surface area is 111 Å². The van der Waals surface area contributed by atoms with Gasteiger partial charge >= 0.3 is 0 Å². The summed E-state index contributed by atoms with van der Waals surface area (Å²) in [6, 6.07) is 0. The second-order valence-electron chi connectivity index (χ2n) is 3.77. The molecule has 0 amide bonds. The summed E-state index contributed by atoms with van der Waals surface area (Å²) < 4.78 is 0. The molecule has 4 heteroatoms. The van der Waals surface area contributed by atoms with Crippen LogP contribution in [0, 0.1) is 11.8 Å². The third kappa shape index (κ3) is 6.09. The van der Waals surface area contributed by atoms with Gasteiger partial charge in [-0.2, -0.15) is 50.5 Å². The molecule has 0 nitrogen and oxygen atoms in total. The molecule has 1 rings (SSSR count). The maximum atomic E-state index is 4.30. The van der Waals surface area contributed by atoms with Crippen molar-refractivity contribution in [3.8, 4) is 0 Å². The van der Waals surface area contributed by atoms with Crippen LogP contribution in [-0.2, 0) is 0 Å². The summed E-state index contributed by atoms with van der Waals surface area (Å²) in [5.41, 5.74) is 0. The van der Waals surface area contributed by atoms with Gasteiger partial charge in [-0.1, -0.05) is 13.8 Å². The summed E-state index contributed by atoms with van der Waals surface area (Å²) in [7, 11) is 0. The average molecular weight is 271 g/mol. The maximum Gasteiger partial charge on any atom is 0.00847 e. The van der Waals surface area contributed by atoms with Gasteiger partial charge in [0, 0.05) is 10.5 Å². The lowest BCUT2D eigenvalue weighted by molar-refractivity contribution is 0.806. The van der Waals surface area contributed by atoms with Crippen molar-refractivity contribution in [2.24, 2.45) is 11.8 Å². The molecule has 0 aromatic rings. The van der Waals surface area contributed by atoms with Crippen molar-refractivity contribution in [3.05, 3.63) is 0 Å². The first kappa shape index (κ1) is 15.4. The molecule has 0 radical (unpaired) electrons. The highest BCUT2D eigenvalue weighted by atomic mass is 32.1. The molecule has 1 saturated carbocycles. The molecule has 0 N–H and O–H groups in total. The summed E-state index contributed by atoms with van der Waals surface area (Å²) in [6.07, 6.45) is 2.28. The number of hydrogen-bond acceptors (Lipinski definition) is 4. The van der Waals surface area contributed by atoms with Crippen LogP contribution in [0.1, 0.15) is 26.7 Å². The highest BCUT2D eigenvalue weighted by molar-refractivity contribution is 7.82. The van der Waals surface area contributed by atoms with Gasteiger partial charge in [-0.05, 0) is 36.2 Å². The monoisotopic (exact) mass is 270 g/mol. The standard InChI is InChI=1S/C5H10S2.C5H12S2/c1-3-4(2-6)5(3)7;1-2-5(7)3-4-6/h3-7H,2H2,1H3;5-7H,2-4H2,1H3. The first-order valence-corrected chi connectivity index (χ1v) is 7.46. The van der Waals surface area contributed by atoms with Gasteiger partial charge in [0.2, 0.25) is 0 Å². The predicted molar refractivity (Wildman–Crippen MR) is 80.8 cm³/mol. The lowest BCUT2D eigenvalue weighted by Crippen LogP contribution is -1.95. The van der Waals surface area contributed by atoms with Gasteiger partial charge in [0.25, 0.3) is 0 Å². The van der Waals surface area contributed by atoms with Crippen LogP contribution >= 0.6 is 50.5 Å². The van der Waals surface area contributed by atoms with Crippen LogP contribution in [0.4, 0.5) is 0 Å². The topological polar surface area (TPSA) is 0 Å². The van der Waals surface area contributed by atoms with Crippen molar-refractivity contribution in [2.45, 2.75) is 37.2 Å². The molecule has 0 aliphatic heterocycles. The fourth-order valence-electron chi connectivity index (χ4n) is 1.15. The Morgan fingerprint density at radius 2 is 1.79 bits per heavy atom. The van der Waals surface area contributed by atoms with Crippen molar-refractivity contribution in [1.29, 1.82) is 0 Å². The predicted octanol–water partition coefficient (Wildman–Crippen LogP) is 3.50. The van der Waals surface area contributed by atoms with Crippen LogP contribution in [0.15, 0.2) is 0 Å². The van der Waals surface area contributed by atoms with Gasteiger partial charge in [0.1, 0.15) is 0 Å². The molecule has 1 aliphatic carbocycles. The van der Waals surface area contributed by atoms with Crippen LogP contribution < -0.4 is 0 Å². The van der Waals surface area contributed by atoms with Crippen LogP contribution in [0.3, 0.4) is 0 Å². The zero-order chi connectivity index (χ0) is 11.1. The smallest absolute Gasteiger partial charge is 0.00847 e.